The normalized spacial score (nSPS) is 11.2. The number of aromatic nitrogens is 3. The number of anilines is 2. The van der Waals surface area contributed by atoms with Crippen LogP contribution in [0, 0.1) is 0 Å². The van der Waals surface area contributed by atoms with Gasteiger partial charge in [-0.2, -0.15) is 15.0 Å². The Morgan fingerprint density at radius 3 is 2.81 bits per heavy atom. The molecule has 2 heterocycles. The van der Waals surface area contributed by atoms with Crippen molar-refractivity contribution in [2.75, 3.05) is 24.7 Å². The molecule has 0 saturated carbocycles. The predicted octanol–water partition coefficient (Wildman–Crippen LogP) is 3.14. The Morgan fingerprint density at radius 1 is 1.31 bits per heavy atom. The molecule has 0 saturated heterocycles. The van der Waals surface area contributed by atoms with Crippen LogP contribution in [0.2, 0.25) is 5.02 Å². The van der Waals surface area contributed by atoms with Crippen LogP contribution in [-0.2, 0) is 16.1 Å². The molecular weight excluding hydrogens is 374 g/mol. The van der Waals surface area contributed by atoms with Crippen molar-refractivity contribution in [2.24, 2.45) is 0 Å². The lowest BCUT2D eigenvalue weighted by molar-refractivity contribution is -0.139. The van der Waals surface area contributed by atoms with Gasteiger partial charge in [0.15, 0.2) is 12.4 Å². The van der Waals surface area contributed by atoms with Gasteiger partial charge in [-0.25, -0.2) is 4.79 Å². The molecular formula is C17H16ClN5O2S. The maximum absolute atomic E-state index is 12.0. The Kier molecular flexibility index (Phi) is 5.34. The van der Waals surface area contributed by atoms with Gasteiger partial charge in [-0.15, -0.1) is 11.3 Å². The van der Waals surface area contributed by atoms with E-state index in [0.29, 0.717) is 11.0 Å². The summed E-state index contributed by atoms with van der Waals surface area (Å²) in [4.78, 5) is 26.6. The fraction of sp³-hybridized carbons (Fsp3) is 0.176. The van der Waals surface area contributed by atoms with E-state index < -0.39 is 5.97 Å². The predicted molar refractivity (Wildman–Crippen MR) is 104 cm³/mol. The fourth-order valence-corrected chi connectivity index (χ4v) is 3.56. The summed E-state index contributed by atoms with van der Waals surface area (Å²) in [6, 6.07) is 7.79. The number of hydrogen-bond acceptors (Lipinski definition) is 8. The first-order valence-electron chi connectivity index (χ1n) is 7.63. The highest BCUT2D eigenvalue weighted by molar-refractivity contribution is 7.20. The molecule has 0 radical (unpaired) electrons. The van der Waals surface area contributed by atoms with Crippen molar-refractivity contribution >= 4 is 57.0 Å². The molecule has 2 aromatic heterocycles. The van der Waals surface area contributed by atoms with Crippen LogP contribution in [0.4, 0.5) is 11.9 Å². The zero-order valence-corrected chi connectivity index (χ0v) is 15.7. The molecule has 0 amide bonds. The molecule has 0 spiro atoms. The quantitative estimate of drug-likeness (QED) is 0.529. The maximum Gasteiger partial charge on any atom is 0.331 e. The molecule has 9 heteroatoms. The molecule has 0 bridgehead atoms. The van der Waals surface area contributed by atoms with Crippen molar-refractivity contribution < 1.29 is 9.53 Å². The number of halogens is 1. The standard InChI is InChI=1S/C17H16ClN5O2S/c1-23(2)17-21-13(20-16(19)22-17)9-25-14(24)8-7-12-15(18)10-5-3-4-6-11(10)26-12/h3-8H,9H2,1-2H3,(H2,19,20,21,22)/b8-7+. The Labute approximate surface area is 159 Å². The zero-order valence-electron chi connectivity index (χ0n) is 14.1. The van der Waals surface area contributed by atoms with E-state index in [1.807, 2.05) is 24.3 Å². The number of nitrogens with zero attached hydrogens (tertiary/aromatic N) is 4. The summed E-state index contributed by atoms with van der Waals surface area (Å²) in [6.45, 7) is -0.100. The third-order valence-corrected chi connectivity index (χ3v) is 5.02. The second kappa shape index (κ2) is 7.67. The van der Waals surface area contributed by atoms with Crippen molar-refractivity contribution in [2.45, 2.75) is 6.61 Å². The first kappa shape index (κ1) is 18.1. The van der Waals surface area contributed by atoms with Gasteiger partial charge in [0.05, 0.1) is 5.02 Å². The number of carbonyl (C=O) groups excluding carboxylic acids is 1. The lowest BCUT2D eigenvalue weighted by Gasteiger charge is -2.11. The average Bonchev–Trinajstić information content (AvgIpc) is 2.94. The van der Waals surface area contributed by atoms with Crippen LogP contribution >= 0.6 is 22.9 Å². The van der Waals surface area contributed by atoms with Crippen LogP contribution in [0.5, 0.6) is 0 Å². The number of rotatable bonds is 5. The molecule has 134 valence electrons. The first-order valence-corrected chi connectivity index (χ1v) is 8.83. The molecule has 0 aliphatic heterocycles. The Hall–Kier alpha value is -2.71. The summed E-state index contributed by atoms with van der Waals surface area (Å²) in [5.74, 6) is 0.227. The molecule has 0 unspecified atom stereocenters. The highest BCUT2D eigenvalue weighted by atomic mass is 35.5. The third-order valence-electron chi connectivity index (χ3n) is 3.36. The van der Waals surface area contributed by atoms with E-state index in [2.05, 4.69) is 15.0 Å². The van der Waals surface area contributed by atoms with Gasteiger partial charge >= 0.3 is 5.97 Å². The SMILES string of the molecule is CN(C)c1nc(N)nc(COC(=O)/C=C/c2sc3ccccc3c2Cl)n1. The van der Waals surface area contributed by atoms with E-state index in [0.717, 1.165) is 15.0 Å². The van der Waals surface area contributed by atoms with E-state index in [1.54, 1.807) is 25.1 Å². The number of fused-ring (bicyclic) bond motifs is 1. The number of benzene rings is 1. The Morgan fingerprint density at radius 2 is 2.08 bits per heavy atom. The molecule has 1 aromatic carbocycles. The van der Waals surface area contributed by atoms with Crippen LogP contribution in [0.1, 0.15) is 10.7 Å². The highest BCUT2D eigenvalue weighted by Crippen LogP contribution is 2.35. The van der Waals surface area contributed by atoms with Gasteiger partial charge in [-0.3, -0.25) is 0 Å². The zero-order chi connectivity index (χ0) is 18.7. The number of esters is 1. The van der Waals surface area contributed by atoms with E-state index in [9.17, 15) is 4.79 Å². The van der Waals surface area contributed by atoms with Crippen molar-refractivity contribution in [3.8, 4) is 0 Å². The fourth-order valence-electron chi connectivity index (χ4n) is 2.16. The molecule has 0 aliphatic carbocycles. The number of carbonyl (C=O) groups is 1. The van der Waals surface area contributed by atoms with Crippen LogP contribution in [-0.4, -0.2) is 35.0 Å². The first-order chi connectivity index (χ1) is 12.4. The summed E-state index contributed by atoms with van der Waals surface area (Å²) in [7, 11) is 3.56. The molecule has 0 aliphatic rings. The smallest absolute Gasteiger partial charge is 0.331 e. The minimum Gasteiger partial charge on any atom is -0.454 e. The van der Waals surface area contributed by atoms with E-state index in [1.165, 1.54) is 17.4 Å². The topological polar surface area (TPSA) is 94.2 Å². The van der Waals surface area contributed by atoms with Crippen LogP contribution in [0.3, 0.4) is 0 Å². The maximum atomic E-state index is 12.0. The second-order valence-corrected chi connectivity index (χ2v) is 6.98. The minimum atomic E-state index is -0.524. The summed E-state index contributed by atoms with van der Waals surface area (Å²) in [5, 5.41) is 1.58. The second-order valence-electron chi connectivity index (χ2n) is 5.52. The molecule has 26 heavy (non-hydrogen) atoms. The molecule has 7 nitrogen and oxygen atoms in total. The van der Waals surface area contributed by atoms with E-state index >= 15 is 0 Å². The van der Waals surface area contributed by atoms with Crippen LogP contribution < -0.4 is 10.6 Å². The number of ether oxygens (including phenoxy) is 1. The lowest BCUT2D eigenvalue weighted by Crippen LogP contribution is -2.17. The minimum absolute atomic E-state index is 0.0716. The molecule has 3 rings (SSSR count). The van der Waals surface area contributed by atoms with Gasteiger partial charge < -0.3 is 15.4 Å². The Balaban J connectivity index is 1.67. The lowest BCUT2D eigenvalue weighted by atomic mass is 10.2. The van der Waals surface area contributed by atoms with E-state index in [-0.39, 0.29) is 18.4 Å². The molecule has 0 atom stereocenters. The van der Waals surface area contributed by atoms with Crippen LogP contribution in [0.25, 0.3) is 16.2 Å². The van der Waals surface area contributed by atoms with Gasteiger partial charge in [0, 0.05) is 35.1 Å². The van der Waals surface area contributed by atoms with Gasteiger partial charge in [0.2, 0.25) is 11.9 Å². The van der Waals surface area contributed by atoms with Crippen molar-refractivity contribution in [3.63, 3.8) is 0 Å². The molecule has 0 fully saturated rings. The van der Waals surface area contributed by atoms with Gasteiger partial charge in [0.1, 0.15) is 0 Å². The number of thiophene rings is 1. The summed E-state index contributed by atoms with van der Waals surface area (Å²) in [5.41, 5.74) is 5.64. The molecule has 2 N–H and O–H groups in total. The number of nitrogens with two attached hydrogens (primary N) is 1. The van der Waals surface area contributed by atoms with E-state index in [4.69, 9.17) is 22.1 Å². The summed E-state index contributed by atoms with van der Waals surface area (Å²) >= 11 is 7.85. The summed E-state index contributed by atoms with van der Waals surface area (Å²) < 4.78 is 6.22. The third kappa shape index (κ3) is 4.09. The van der Waals surface area contributed by atoms with Crippen molar-refractivity contribution in [3.05, 3.63) is 46.1 Å². The average molecular weight is 390 g/mol. The van der Waals surface area contributed by atoms with Gasteiger partial charge in [-0.05, 0) is 12.1 Å². The van der Waals surface area contributed by atoms with Crippen molar-refractivity contribution in [1.82, 2.24) is 15.0 Å². The number of nitrogen functional groups attached to an aromatic ring is 1. The van der Waals surface area contributed by atoms with Crippen LogP contribution in [0.15, 0.2) is 30.3 Å². The molecule has 3 aromatic rings. The largest absolute Gasteiger partial charge is 0.454 e. The number of hydrogen-bond donors (Lipinski definition) is 1. The Bertz CT molecular complexity index is 986. The summed E-state index contributed by atoms with van der Waals surface area (Å²) in [6.07, 6.45) is 2.97. The van der Waals surface area contributed by atoms with Gasteiger partial charge in [-0.1, -0.05) is 29.8 Å². The monoisotopic (exact) mass is 389 g/mol. The van der Waals surface area contributed by atoms with Crippen molar-refractivity contribution in [1.29, 1.82) is 0 Å². The highest BCUT2D eigenvalue weighted by Gasteiger charge is 2.10. The van der Waals surface area contributed by atoms with Gasteiger partial charge in [0.25, 0.3) is 0 Å².